The lowest BCUT2D eigenvalue weighted by atomic mass is 10.3. The fourth-order valence-electron chi connectivity index (χ4n) is 1.03. The van der Waals surface area contributed by atoms with Gasteiger partial charge in [0.2, 0.25) is 5.91 Å². The lowest BCUT2D eigenvalue weighted by Gasteiger charge is -2.07. The summed E-state index contributed by atoms with van der Waals surface area (Å²) in [5.74, 6) is -0.464. The zero-order chi connectivity index (χ0) is 11.3. The molecule has 0 aromatic carbocycles. The van der Waals surface area contributed by atoms with E-state index in [4.69, 9.17) is 9.47 Å². The van der Waals surface area contributed by atoms with Crippen LogP contribution < -0.4 is 5.32 Å². The Balaban J connectivity index is 2.01. The second kappa shape index (κ2) is 5.70. The summed E-state index contributed by atoms with van der Waals surface area (Å²) in [5.41, 5.74) is 0. The van der Waals surface area contributed by atoms with Crippen LogP contribution in [0.2, 0.25) is 0 Å². The van der Waals surface area contributed by atoms with Gasteiger partial charge in [0, 0.05) is 12.5 Å². The van der Waals surface area contributed by atoms with Gasteiger partial charge in [0.05, 0.1) is 13.0 Å². The number of epoxide rings is 1. The maximum Gasteiger partial charge on any atom is 0.306 e. The minimum atomic E-state index is -0.343. The highest BCUT2D eigenvalue weighted by atomic mass is 16.6. The summed E-state index contributed by atoms with van der Waals surface area (Å²) >= 11 is 0. The number of carbonyl (C=O) groups is 2. The van der Waals surface area contributed by atoms with Crippen LogP contribution in [0.1, 0.15) is 26.7 Å². The Bertz CT molecular complexity index is 236. The highest BCUT2D eigenvalue weighted by Gasteiger charge is 2.24. The highest BCUT2D eigenvalue weighted by Crippen LogP contribution is 2.09. The SMILES string of the molecule is CC(C)NC(=O)CCC(=O)OCC1CO1. The van der Waals surface area contributed by atoms with Gasteiger partial charge >= 0.3 is 5.97 Å². The molecule has 1 aliphatic heterocycles. The summed E-state index contributed by atoms with van der Waals surface area (Å²) in [7, 11) is 0. The molecule has 1 atom stereocenters. The third kappa shape index (κ3) is 6.06. The van der Waals surface area contributed by atoms with Crippen molar-refractivity contribution < 1.29 is 19.1 Å². The van der Waals surface area contributed by atoms with Crippen LogP contribution in [0.4, 0.5) is 0 Å². The topological polar surface area (TPSA) is 67.9 Å². The molecule has 1 heterocycles. The number of nitrogens with one attached hydrogen (secondary N) is 1. The first-order valence-corrected chi connectivity index (χ1v) is 5.14. The molecule has 1 unspecified atom stereocenters. The van der Waals surface area contributed by atoms with Crippen LogP contribution in [0.15, 0.2) is 0 Å². The summed E-state index contributed by atoms with van der Waals surface area (Å²) in [5, 5.41) is 2.70. The number of hydrogen-bond acceptors (Lipinski definition) is 4. The van der Waals surface area contributed by atoms with Gasteiger partial charge < -0.3 is 14.8 Å². The van der Waals surface area contributed by atoms with Crippen molar-refractivity contribution in [3.8, 4) is 0 Å². The second-order valence-corrected chi connectivity index (χ2v) is 3.86. The highest BCUT2D eigenvalue weighted by molar-refractivity contribution is 5.81. The van der Waals surface area contributed by atoms with Crippen molar-refractivity contribution in [1.29, 1.82) is 0 Å². The van der Waals surface area contributed by atoms with E-state index < -0.39 is 0 Å². The number of hydrogen-bond donors (Lipinski definition) is 1. The molecule has 0 saturated carbocycles. The summed E-state index contributed by atoms with van der Waals surface area (Å²) in [6, 6.07) is 0.105. The van der Waals surface area contributed by atoms with E-state index in [0.29, 0.717) is 13.2 Å². The predicted molar refractivity (Wildman–Crippen MR) is 53.2 cm³/mol. The molecule has 5 nitrogen and oxygen atoms in total. The van der Waals surface area contributed by atoms with Gasteiger partial charge in [0.25, 0.3) is 0 Å². The Labute approximate surface area is 89.1 Å². The molecule has 1 saturated heterocycles. The maximum atomic E-state index is 11.2. The summed E-state index contributed by atoms with van der Waals surface area (Å²) in [6.45, 7) is 4.73. The first kappa shape index (κ1) is 12.0. The average Bonchev–Trinajstić information content (AvgIpc) is 2.93. The van der Waals surface area contributed by atoms with Crippen LogP contribution in [0, 0.1) is 0 Å². The van der Waals surface area contributed by atoms with E-state index in [1.165, 1.54) is 0 Å². The molecule has 1 fully saturated rings. The zero-order valence-corrected chi connectivity index (χ0v) is 9.12. The monoisotopic (exact) mass is 215 g/mol. The predicted octanol–water partition coefficient (Wildman–Crippen LogP) is 0.233. The van der Waals surface area contributed by atoms with E-state index in [9.17, 15) is 9.59 Å². The van der Waals surface area contributed by atoms with Gasteiger partial charge in [-0.2, -0.15) is 0 Å². The average molecular weight is 215 g/mol. The van der Waals surface area contributed by atoms with Crippen LogP contribution in [0.5, 0.6) is 0 Å². The molecule has 0 spiro atoms. The Morgan fingerprint density at radius 1 is 1.47 bits per heavy atom. The Kier molecular flexibility index (Phi) is 4.55. The van der Waals surface area contributed by atoms with Crippen molar-refractivity contribution >= 4 is 11.9 Å². The third-order valence-electron chi connectivity index (χ3n) is 1.84. The summed E-state index contributed by atoms with van der Waals surface area (Å²) in [6.07, 6.45) is 0.395. The van der Waals surface area contributed by atoms with Gasteiger partial charge in [-0.05, 0) is 13.8 Å². The molecule has 1 aliphatic rings. The summed E-state index contributed by atoms with van der Waals surface area (Å²) in [4.78, 5) is 22.3. The molecule has 0 aromatic rings. The Morgan fingerprint density at radius 3 is 2.67 bits per heavy atom. The molecule has 0 bridgehead atoms. The van der Waals surface area contributed by atoms with Crippen LogP contribution in [0.25, 0.3) is 0 Å². The molecule has 0 radical (unpaired) electrons. The van der Waals surface area contributed by atoms with Crippen LogP contribution >= 0.6 is 0 Å². The zero-order valence-electron chi connectivity index (χ0n) is 9.12. The number of ether oxygens (including phenoxy) is 2. The molecular weight excluding hydrogens is 198 g/mol. The molecule has 15 heavy (non-hydrogen) atoms. The Hall–Kier alpha value is -1.10. The first-order valence-electron chi connectivity index (χ1n) is 5.14. The molecular formula is C10H17NO4. The quantitative estimate of drug-likeness (QED) is 0.509. The van der Waals surface area contributed by atoms with Crippen molar-refractivity contribution in [2.75, 3.05) is 13.2 Å². The second-order valence-electron chi connectivity index (χ2n) is 3.86. The van der Waals surface area contributed by atoms with E-state index in [1.54, 1.807) is 0 Å². The van der Waals surface area contributed by atoms with Gasteiger partial charge in [-0.1, -0.05) is 0 Å². The molecule has 0 aliphatic carbocycles. The van der Waals surface area contributed by atoms with E-state index in [2.05, 4.69) is 5.32 Å². The van der Waals surface area contributed by atoms with E-state index >= 15 is 0 Å². The molecule has 1 amide bonds. The number of amides is 1. The smallest absolute Gasteiger partial charge is 0.306 e. The maximum absolute atomic E-state index is 11.2. The number of esters is 1. The van der Waals surface area contributed by atoms with E-state index in [0.717, 1.165) is 0 Å². The number of rotatable bonds is 6. The van der Waals surface area contributed by atoms with Crippen LogP contribution in [-0.2, 0) is 19.1 Å². The van der Waals surface area contributed by atoms with Gasteiger partial charge in [-0.15, -0.1) is 0 Å². The standard InChI is InChI=1S/C10H17NO4/c1-7(2)11-9(12)3-4-10(13)15-6-8-5-14-8/h7-8H,3-6H2,1-2H3,(H,11,12). The van der Waals surface area contributed by atoms with Crippen molar-refractivity contribution in [2.24, 2.45) is 0 Å². The third-order valence-corrected chi connectivity index (χ3v) is 1.84. The van der Waals surface area contributed by atoms with Crippen LogP contribution in [-0.4, -0.2) is 37.2 Å². The van der Waals surface area contributed by atoms with Gasteiger partial charge in [-0.3, -0.25) is 9.59 Å². The van der Waals surface area contributed by atoms with Crippen molar-refractivity contribution in [1.82, 2.24) is 5.32 Å². The lowest BCUT2D eigenvalue weighted by molar-refractivity contribution is -0.145. The summed E-state index contributed by atoms with van der Waals surface area (Å²) < 4.78 is 9.76. The fraction of sp³-hybridized carbons (Fsp3) is 0.800. The van der Waals surface area contributed by atoms with E-state index in [1.807, 2.05) is 13.8 Å². The normalized spacial score (nSPS) is 18.7. The number of carbonyl (C=O) groups excluding carboxylic acids is 2. The molecule has 5 heteroatoms. The van der Waals surface area contributed by atoms with Crippen molar-refractivity contribution in [3.05, 3.63) is 0 Å². The Morgan fingerprint density at radius 2 is 2.13 bits per heavy atom. The van der Waals surface area contributed by atoms with Crippen molar-refractivity contribution in [2.45, 2.75) is 38.8 Å². The van der Waals surface area contributed by atoms with E-state index in [-0.39, 0.29) is 36.9 Å². The largest absolute Gasteiger partial charge is 0.463 e. The lowest BCUT2D eigenvalue weighted by Crippen LogP contribution is -2.30. The molecule has 86 valence electrons. The van der Waals surface area contributed by atoms with Crippen molar-refractivity contribution in [3.63, 3.8) is 0 Å². The fourth-order valence-corrected chi connectivity index (χ4v) is 1.03. The minimum absolute atomic E-state index is 0.0819. The van der Waals surface area contributed by atoms with Gasteiger partial charge in [0.1, 0.15) is 12.7 Å². The minimum Gasteiger partial charge on any atom is -0.463 e. The van der Waals surface area contributed by atoms with Crippen LogP contribution in [0.3, 0.4) is 0 Å². The molecule has 1 rings (SSSR count). The van der Waals surface area contributed by atoms with Gasteiger partial charge in [0.15, 0.2) is 0 Å². The first-order chi connectivity index (χ1) is 7.08. The molecule has 1 N–H and O–H groups in total. The van der Waals surface area contributed by atoms with Gasteiger partial charge in [-0.25, -0.2) is 0 Å². The molecule has 0 aromatic heterocycles.